The zero-order chi connectivity index (χ0) is 20.2. The number of sulfonamides is 1. The highest BCUT2D eigenvalue weighted by Gasteiger charge is 2.29. The van der Waals surface area contributed by atoms with Crippen molar-refractivity contribution in [3.63, 3.8) is 0 Å². The average molecular weight is 426 g/mol. The molecular formula is C19H24ClN3O2S2. The number of aliphatic imine (C=N–C) groups is 1. The summed E-state index contributed by atoms with van der Waals surface area (Å²) < 4.78 is 29.0. The molecule has 0 aliphatic carbocycles. The molecule has 0 saturated carbocycles. The number of hydrogen-bond acceptors (Lipinski definition) is 4. The summed E-state index contributed by atoms with van der Waals surface area (Å²) in [7, 11) is -1.91. The molecule has 0 N–H and O–H groups in total. The molecule has 8 heteroatoms. The summed E-state index contributed by atoms with van der Waals surface area (Å²) in [6, 6.07) is 11.9. The van der Waals surface area contributed by atoms with Gasteiger partial charge in [-0.05, 0) is 63.6 Å². The number of rotatable bonds is 7. The van der Waals surface area contributed by atoms with Gasteiger partial charge in [0.05, 0.1) is 22.7 Å². The Bertz CT molecular complexity index is 913. The average Bonchev–Trinajstić information content (AvgIpc) is 2.59. The van der Waals surface area contributed by atoms with Crippen LogP contribution in [0.4, 0.5) is 5.69 Å². The Kier molecular flexibility index (Phi) is 7.33. The van der Waals surface area contributed by atoms with Crippen molar-refractivity contribution >= 4 is 45.8 Å². The Morgan fingerprint density at radius 1 is 1.11 bits per heavy atom. The molecular weight excluding hydrogens is 402 g/mol. The van der Waals surface area contributed by atoms with Gasteiger partial charge in [0.25, 0.3) is 10.0 Å². The summed E-state index contributed by atoms with van der Waals surface area (Å²) in [5, 5.41) is 0.496. The lowest BCUT2D eigenvalue weighted by Crippen LogP contribution is -2.34. The number of halogens is 1. The summed E-state index contributed by atoms with van der Waals surface area (Å²) in [5.41, 5.74) is 3.10. The van der Waals surface area contributed by atoms with E-state index in [9.17, 15) is 8.42 Å². The first-order valence-corrected chi connectivity index (χ1v) is 11.0. The van der Waals surface area contributed by atoms with E-state index in [2.05, 4.69) is 11.1 Å². The fraction of sp³-hybridized carbons (Fsp3) is 0.316. The standard InChI is InChI=1S/C19H24ClN3O2S2/c1-14(2)23(27(24,25)18-9-7-17(20)8-10-18)26-22(5)13-21-19-11-6-15(3)12-16(19)4/h6-14H,1-5H3. The highest BCUT2D eigenvalue weighted by atomic mass is 35.5. The van der Waals surface area contributed by atoms with Crippen LogP contribution in [0.25, 0.3) is 0 Å². The van der Waals surface area contributed by atoms with E-state index in [0.29, 0.717) is 5.02 Å². The van der Waals surface area contributed by atoms with E-state index in [4.69, 9.17) is 11.6 Å². The molecule has 0 amide bonds. The molecule has 146 valence electrons. The minimum absolute atomic E-state index is 0.202. The molecule has 0 aliphatic rings. The summed E-state index contributed by atoms with van der Waals surface area (Å²) >= 11 is 6.95. The fourth-order valence-electron chi connectivity index (χ4n) is 2.37. The molecule has 2 rings (SSSR count). The van der Waals surface area contributed by atoms with E-state index in [0.717, 1.165) is 23.4 Å². The topological polar surface area (TPSA) is 53.0 Å². The maximum Gasteiger partial charge on any atom is 0.253 e. The molecule has 0 spiro atoms. The van der Waals surface area contributed by atoms with Crippen LogP contribution in [0.2, 0.25) is 5.02 Å². The highest BCUT2D eigenvalue weighted by molar-refractivity contribution is 8.07. The quantitative estimate of drug-likeness (QED) is 0.347. The van der Waals surface area contributed by atoms with Gasteiger partial charge in [-0.1, -0.05) is 29.3 Å². The van der Waals surface area contributed by atoms with Crippen LogP contribution in [0, 0.1) is 13.8 Å². The molecule has 0 fully saturated rings. The first-order chi connectivity index (χ1) is 12.6. The fourth-order valence-corrected chi connectivity index (χ4v) is 5.19. The molecule has 0 aliphatic heterocycles. The molecule has 0 bridgehead atoms. The molecule has 2 aromatic carbocycles. The smallest absolute Gasteiger partial charge is 0.253 e. The zero-order valence-electron chi connectivity index (χ0n) is 16.0. The van der Waals surface area contributed by atoms with Gasteiger partial charge >= 0.3 is 0 Å². The van der Waals surface area contributed by atoms with Crippen molar-refractivity contribution in [3.8, 4) is 0 Å². The van der Waals surface area contributed by atoms with Gasteiger partial charge in [0.1, 0.15) is 6.34 Å². The summed E-state index contributed by atoms with van der Waals surface area (Å²) in [5.74, 6) is 0. The number of nitrogens with zero attached hydrogens (tertiary/aromatic N) is 3. The van der Waals surface area contributed by atoms with Crippen LogP contribution >= 0.6 is 23.7 Å². The first kappa shape index (κ1) is 21.8. The third-order valence-corrected chi connectivity index (χ3v) is 7.43. The molecule has 0 unspecified atom stereocenters. The van der Waals surface area contributed by atoms with Crippen LogP contribution in [-0.4, -0.2) is 35.9 Å². The van der Waals surface area contributed by atoms with E-state index in [1.165, 1.54) is 21.4 Å². The zero-order valence-corrected chi connectivity index (χ0v) is 18.4. The van der Waals surface area contributed by atoms with Gasteiger partial charge in [-0.2, -0.15) is 0 Å². The second-order valence-corrected chi connectivity index (χ2v) is 10.1. The van der Waals surface area contributed by atoms with Gasteiger partial charge in [-0.25, -0.2) is 13.4 Å². The normalized spacial score (nSPS) is 12.3. The van der Waals surface area contributed by atoms with Crippen LogP contribution < -0.4 is 0 Å². The van der Waals surface area contributed by atoms with Crippen LogP contribution in [-0.2, 0) is 10.0 Å². The second kappa shape index (κ2) is 9.10. The lowest BCUT2D eigenvalue weighted by atomic mass is 10.1. The van der Waals surface area contributed by atoms with Gasteiger partial charge in [0.2, 0.25) is 0 Å². The maximum absolute atomic E-state index is 13.0. The first-order valence-electron chi connectivity index (χ1n) is 8.43. The summed E-state index contributed by atoms with van der Waals surface area (Å²) in [4.78, 5) is 4.67. The third kappa shape index (κ3) is 5.72. The van der Waals surface area contributed by atoms with Crippen molar-refractivity contribution in [1.29, 1.82) is 0 Å². The molecule has 0 saturated heterocycles. The van der Waals surface area contributed by atoms with Crippen LogP contribution in [0.3, 0.4) is 0 Å². The van der Waals surface area contributed by atoms with E-state index in [1.807, 2.05) is 39.8 Å². The lowest BCUT2D eigenvalue weighted by molar-refractivity contribution is 0.495. The summed E-state index contributed by atoms with van der Waals surface area (Å²) in [6.45, 7) is 7.69. The van der Waals surface area contributed by atoms with Crippen molar-refractivity contribution in [2.24, 2.45) is 4.99 Å². The van der Waals surface area contributed by atoms with Crippen LogP contribution in [0.1, 0.15) is 25.0 Å². The molecule has 27 heavy (non-hydrogen) atoms. The Labute approximate surface area is 171 Å². The van der Waals surface area contributed by atoms with Gasteiger partial charge in [-0.3, -0.25) is 4.31 Å². The van der Waals surface area contributed by atoms with E-state index in [1.54, 1.807) is 29.8 Å². The van der Waals surface area contributed by atoms with E-state index >= 15 is 0 Å². The minimum Gasteiger partial charge on any atom is -0.296 e. The van der Waals surface area contributed by atoms with Gasteiger partial charge in [0, 0.05) is 18.1 Å². The SMILES string of the molecule is Cc1ccc(N=CN(C)SN(C(C)C)S(=O)(=O)c2ccc(Cl)cc2)c(C)c1. The molecule has 0 aromatic heterocycles. The molecule has 5 nitrogen and oxygen atoms in total. The van der Waals surface area contributed by atoms with Crippen molar-refractivity contribution < 1.29 is 8.42 Å². The number of hydrogen-bond donors (Lipinski definition) is 0. The predicted molar refractivity (Wildman–Crippen MR) is 115 cm³/mol. The Morgan fingerprint density at radius 3 is 2.30 bits per heavy atom. The van der Waals surface area contributed by atoms with Crippen LogP contribution in [0.15, 0.2) is 52.4 Å². The Hall–Kier alpha value is -1.54. The highest BCUT2D eigenvalue weighted by Crippen LogP contribution is 2.28. The van der Waals surface area contributed by atoms with E-state index in [-0.39, 0.29) is 10.9 Å². The van der Waals surface area contributed by atoms with Gasteiger partial charge in [0.15, 0.2) is 0 Å². The van der Waals surface area contributed by atoms with Crippen molar-refractivity contribution in [3.05, 3.63) is 58.6 Å². The molecule has 0 atom stereocenters. The predicted octanol–water partition coefficient (Wildman–Crippen LogP) is 5.21. The van der Waals surface area contributed by atoms with Gasteiger partial charge in [-0.15, -0.1) is 3.71 Å². The third-order valence-electron chi connectivity index (χ3n) is 3.69. The molecule has 0 heterocycles. The number of aryl methyl sites for hydroxylation is 2. The monoisotopic (exact) mass is 425 g/mol. The van der Waals surface area contributed by atoms with E-state index < -0.39 is 10.0 Å². The largest absolute Gasteiger partial charge is 0.296 e. The van der Waals surface area contributed by atoms with Gasteiger partial charge < -0.3 is 0 Å². The minimum atomic E-state index is -3.67. The molecule has 0 radical (unpaired) electrons. The molecule has 2 aromatic rings. The number of benzene rings is 2. The van der Waals surface area contributed by atoms with Crippen molar-refractivity contribution in [2.45, 2.75) is 38.6 Å². The van der Waals surface area contributed by atoms with Crippen molar-refractivity contribution in [2.75, 3.05) is 7.05 Å². The Morgan fingerprint density at radius 2 is 1.74 bits per heavy atom. The Balaban J connectivity index is 2.19. The van der Waals surface area contributed by atoms with Crippen molar-refractivity contribution in [1.82, 2.24) is 8.02 Å². The second-order valence-electron chi connectivity index (χ2n) is 6.47. The maximum atomic E-state index is 13.0. The lowest BCUT2D eigenvalue weighted by Gasteiger charge is -2.27. The summed E-state index contributed by atoms with van der Waals surface area (Å²) in [6.07, 6.45) is 1.62. The van der Waals surface area contributed by atoms with Crippen LogP contribution in [0.5, 0.6) is 0 Å².